The molecule has 0 atom stereocenters. The largest absolute Gasteiger partial charge is 0.337 e. The Balaban J connectivity index is 1.37. The molecule has 1 amide bonds. The maximum absolute atomic E-state index is 12.5. The van der Waals surface area contributed by atoms with Gasteiger partial charge in [0.05, 0.1) is 0 Å². The molecule has 0 spiro atoms. The first-order chi connectivity index (χ1) is 14.2. The van der Waals surface area contributed by atoms with Gasteiger partial charge in [-0.05, 0) is 46.9 Å². The molecule has 0 bridgehead atoms. The lowest BCUT2D eigenvalue weighted by Crippen LogP contribution is -2.32. The number of aryl methyl sites for hydroxylation is 1. The van der Waals surface area contributed by atoms with Crippen LogP contribution in [0.2, 0.25) is 0 Å². The van der Waals surface area contributed by atoms with Gasteiger partial charge >= 0.3 is 0 Å². The fraction of sp³-hybridized carbons (Fsp3) is 0.280. The summed E-state index contributed by atoms with van der Waals surface area (Å²) in [6.45, 7) is 6.17. The van der Waals surface area contributed by atoms with Crippen LogP contribution in [0.1, 0.15) is 23.1 Å². The first-order valence-corrected chi connectivity index (χ1v) is 10.2. The molecule has 0 N–H and O–H groups in total. The van der Waals surface area contributed by atoms with Crippen LogP contribution in [0.25, 0.3) is 11.1 Å². The van der Waals surface area contributed by atoms with Gasteiger partial charge in [0.1, 0.15) is 0 Å². The van der Waals surface area contributed by atoms with E-state index in [1.807, 2.05) is 17.0 Å². The minimum Gasteiger partial charge on any atom is -0.337 e. The number of pyridine rings is 1. The predicted octanol–water partition coefficient (Wildman–Crippen LogP) is 4.29. The van der Waals surface area contributed by atoms with E-state index in [9.17, 15) is 4.79 Å². The van der Waals surface area contributed by atoms with Crippen LogP contribution in [-0.2, 0) is 17.9 Å². The number of aromatic nitrogens is 1. The maximum atomic E-state index is 12.5. The zero-order chi connectivity index (χ0) is 20.1. The molecule has 148 valence electrons. The van der Waals surface area contributed by atoms with E-state index in [-0.39, 0.29) is 5.91 Å². The van der Waals surface area contributed by atoms with E-state index < -0.39 is 0 Å². The van der Waals surface area contributed by atoms with Gasteiger partial charge in [-0.3, -0.25) is 14.7 Å². The zero-order valence-corrected chi connectivity index (χ0v) is 16.9. The number of carbonyl (C=O) groups excluding carboxylic acids is 1. The summed E-state index contributed by atoms with van der Waals surface area (Å²) < 4.78 is 0. The number of nitrogens with zero attached hydrogens (tertiary/aromatic N) is 3. The normalized spacial score (nSPS) is 15.3. The highest BCUT2D eigenvalue weighted by molar-refractivity contribution is 5.76. The summed E-state index contributed by atoms with van der Waals surface area (Å²) in [7, 11) is 0. The molecule has 4 rings (SSSR count). The van der Waals surface area contributed by atoms with Gasteiger partial charge < -0.3 is 4.90 Å². The Hall–Kier alpha value is -2.98. The van der Waals surface area contributed by atoms with Crippen molar-refractivity contribution in [3.05, 3.63) is 89.7 Å². The molecule has 1 saturated heterocycles. The molecule has 1 aromatic heterocycles. The van der Waals surface area contributed by atoms with E-state index in [0.29, 0.717) is 13.0 Å². The van der Waals surface area contributed by atoms with Crippen molar-refractivity contribution in [3.63, 3.8) is 0 Å². The molecule has 0 radical (unpaired) electrons. The molecule has 2 aromatic carbocycles. The molecule has 29 heavy (non-hydrogen) atoms. The van der Waals surface area contributed by atoms with E-state index in [4.69, 9.17) is 0 Å². The second kappa shape index (κ2) is 9.01. The number of hydrogen-bond donors (Lipinski definition) is 0. The number of hydrogen-bond acceptors (Lipinski definition) is 3. The van der Waals surface area contributed by atoms with E-state index in [0.717, 1.165) is 31.7 Å². The van der Waals surface area contributed by atoms with Gasteiger partial charge in [-0.1, -0.05) is 48.5 Å². The number of carbonyl (C=O) groups is 1. The lowest BCUT2D eigenvalue weighted by Gasteiger charge is -2.22. The third-order valence-corrected chi connectivity index (χ3v) is 5.62. The summed E-state index contributed by atoms with van der Waals surface area (Å²) in [5.74, 6) is 0.235. The quantitative estimate of drug-likeness (QED) is 0.657. The van der Waals surface area contributed by atoms with E-state index in [1.165, 1.54) is 22.3 Å². The van der Waals surface area contributed by atoms with Gasteiger partial charge in [0.15, 0.2) is 0 Å². The highest BCUT2D eigenvalue weighted by Gasteiger charge is 2.21. The molecule has 0 unspecified atom stereocenters. The summed E-state index contributed by atoms with van der Waals surface area (Å²) in [4.78, 5) is 20.9. The van der Waals surface area contributed by atoms with Crippen LogP contribution in [0, 0.1) is 6.92 Å². The highest BCUT2D eigenvalue weighted by Crippen LogP contribution is 2.24. The first-order valence-electron chi connectivity index (χ1n) is 10.2. The number of benzene rings is 2. The van der Waals surface area contributed by atoms with Crippen molar-refractivity contribution in [1.82, 2.24) is 14.8 Å². The van der Waals surface area contributed by atoms with Crippen LogP contribution >= 0.6 is 0 Å². The summed E-state index contributed by atoms with van der Waals surface area (Å²) in [6.07, 6.45) is 4.14. The summed E-state index contributed by atoms with van der Waals surface area (Å²) >= 11 is 0. The Morgan fingerprint density at radius 3 is 2.31 bits per heavy atom. The van der Waals surface area contributed by atoms with Crippen LogP contribution in [0.15, 0.2) is 73.1 Å². The van der Waals surface area contributed by atoms with Gasteiger partial charge in [0, 0.05) is 51.5 Å². The molecule has 1 fully saturated rings. The minimum absolute atomic E-state index is 0.235. The SMILES string of the molecule is Cc1ccccc1-c1ccc(CN2CCC(=O)N(Cc3ccncc3)CC2)cc1. The molecule has 2 heterocycles. The molecular formula is C25H27N3O. The van der Waals surface area contributed by atoms with Crippen molar-refractivity contribution in [1.29, 1.82) is 0 Å². The molecule has 0 aliphatic carbocycles. The van der Waals surface area contributed by atoms with Crippen molar-refractivity contribution < 1.29 is 4.79 Å². The molecule has 0 saturated carbocycles. The first kappa shape index (κ1) is 19.3. The second-order valence-electron chi connectivity index (χ2n) is 7.71. The molecule has 1 aliphatic heterocycles. The van der Waals surface area contributed by atoms with Crippen molar-refractivity contribution >= 4 is 5.91 Å². The predicted molar refractivity (Wildman–Crippen MR) is 116 cm³/mol. The number of amides is 1. The lowest BCUT2D eigenvalue weighted by atomic mass is 9.99. The molecule has 4 nitrogen and oxygen atoms in total. The summed E-state index contributed by atoms with van der Waals surface area (Å²) in [5, 5.41) is 0. The topological polar surface area (TPSA) is 36.4 Å². The Morgan fingerprint density at radius 2 is 1.55 bits per heavy atom. The van der Waals surface area contributed by atoms with Crippen molar-refractivity contribution in [2.24, 2.45) is 0 Å². The van der Waals surface area contributed by atoms with Gasteiger partial charge in [0.25, 0.3) is 0 Å². The fourth-order valence-electron chi connectivity index (χ4n) is 3.89. The number of rotatable bonds is 5. The standard InChI is InChI=1S/C25H27N3O/c1-20-4-2-3-5-24(20)23-8-6-21(7-9-23)18-27-15-12-25(29)28(17-16-27)19-22-10-13-26-14-11-22/h2-11,13-14H,12,15-19H2,1H3. The Kier molecular flexibility index (Phi) is 6.01. The van der Waals surface area contributed by atoms with Crippen LogP contribution in [0.5, 0.6) is 0 Å². The van der Waals surface area contributed by atoms with E-state index in [2.05, 4.69) is 65.3 Å². The lowest BCUT2D eigenvalue weighted by molar-refractivity contribution is -0.130. The van der Waals surface area contributed by atoms with Gasteiger partial charge in [-0.2, -0.15) is 0 Å². The fourth-order valence-corrected chi connectivity index (χ4v) is 3.89. The average Bonchev–Trinajstić information content (AvgIpc) is 2.92. The molecule has 3 aromatic rings. The Bertz CT molecular complexity index is 953. The molecular weight excluding hydrogens is 358 g/mol. The summed E-state index contributed by atoms with van der Waals surface area (Å²) in [5.41, 5.74) is 6.25. The van der Waals surface area contributed by atoms with Crippen LogP contribution in [0.3, 0.4) is 0 Å². The van der Waals surface area contributed by atoms with Gasteiger partial charge in [-0.15, -0.1) is 0 Å². The monoisotopic (exact) mass is 385 g/mol. The van der Waals surface area contributed by atoms with Gasteiger partial charge in [0.2, 0.25) is 5.91 Å². The minimum atomic E-state index is 0.235. The third-order valence-electron chi connectivity index (χ3n) is 5.62. The van der Waals surface area contributed by atoms with Crippen LogP contribution < -0.4 is 0 Å². The van der Waals surface area contributed by atoms with Crippen LogP contribution in [0.4, 0.5) is 0 Å². The van der Waals surface area contributed by atoms with Crippen LogP contribution in [-0.4, -0.2) is 40.3 Å². The zero-order valence-electron chi connectivity index (χ0n) is 16.9. The maximum Gasteiger partial charge on any atom is 0.224 e. The summed E-state index contributed by atoms with van der Waals surface area (Å²) in [6, 6.07) is 21.3. The third kappa shape index (κ3) is 4.90. The smallest absolute Gasteiger partial charge is 0.224 e. The second-order valence-corrected chi connectivity index (χ2v) is 7.71. The Morgan fingerprint density at radius 1 is 0.828 bits per heavy atom. The molecule has 4 heteroatoms. The highest BCUT2D eigenvalue weighted by atomic mass is 16.2. The van der Waals surface area contributed by atoms with Crippen molar-refractivity contribution in [3.8, 4) is 11.1 Å². The van der Waals surface area contributed by atoms with E-state index in [1.54, 1.807) is 12.4 Å². The Labute approximate surface area is 172 Å². The molecule has 1 aliphatic rings. The average molecular weight is 386 g/mol. The van der Waals surface area contributed by atoms with Crippen molar-refractivity contribution in [2.45, 2.75) is 26.4 Å². The van der Waals surface area contributed by atoms with Gasteiger partial charge in [-0.25, -0.2) is 0 Å². The van der Waals surface area contributed by atoms with Crippen molar-refractivity contribution in [2.75, 3.05) is 19.6 Å². The van der Waals surface area contributed by atoms with E-state index >= 15 is 0 Å².